The van der Waals surface area contributed by atoms with E-state index < -0.39 is 11.9 Å². The van der Waals surface area contributed by atoms with E-state index in [1.807, 2.05) is 30.3 Å². The van der Waals surface area contributed by atoms with E-state index in [0.29, 0.717) is 6.42 Å². The van der Waals surface area contributed by atoms with Crippen molar-refractivity contribution >= 4 is 18.0 Å². The maximum Gasteiger partial charge on any atom is 0.335 e. The van der Waals surface area contributed by atoms with Crippen LogP contribution in [0.1, 0.15) is 58.3 Å². The van der Waals surface area contributed by atoms with Gasteiger partial charge in [0.2, 0.25) is 0 Å². The van der Waals surface area contributed by atoms with Crippen molar-refractivity contribution in [3.8, 4) is 5.75 Å². The molecule has 3 aromatic rings. The Hall–Kier alpha value is -3.86. The highest BCUT2D eigenvalue weighted by molar-refractivity contribution is 5.87. The fraction of sp³-hybridized carbons (Fsp3) is 0.290. The van der Waals surface area contributed by atoms with Crippen LogP contribution in [0.5, 0.6) is 5.75 Å². The van der Waals surface area contributed by atoms with Gasteiger partial charge in [0.15, 0.2) is 0 Å². The molecule has 0 spiro atoms. The fourth-order valence-electron chi connectivity index (χ4n) is 4.27. The summed E-state index contributed by atoms with van der Waals surface area (Å²) >= 11 is 0. The van der Waals surface area contributed by atoms with Crippen LogP contribution in [-0.2, 0) is 24.1 Å². The molecular formula is C31H34O5. The molecular weight excluding hydrogens is 452 g/mol. The van der Waals surface area contributed by atoms with E-state index in [9.17, 15) is 9.59 Å². The van der Waals surface area contributed by atoms with Crippen LogP contribution in [0, 0.1) is 5.92 Å². The zero-order valence-electron chi connectivity index (χ0n) is 20.7. The van der Waals surface area contributed by atoms with Crippen LogP contribution in [0.25, 0.3) is 6.08 Å². The molecule has 0 aliphatic rings. The lowest BCUT2D eigenvalue weighted by molar-refractivity contribution is -0.137. The monoisotopic (exact) mass is 486 g/mol. The van der Waals surface area contributed by atoms with Crippen LogP contribution in [-0.4, -0.2) is 29.3 Å². The number of unbranched alkanes of at least 4 members (excludes halogenated alkanes) is 1. The first-order valence-corrected chi connectivity index (χ1v) is 12.4. The molecule has 0 bridgehead atoms. The number of methoxy groups -OCH3 is 1. The molecule has 0 radical (unpaired) electrons. The second kappa shape index (κ2) is 13.9. The molecule has 2 N–H and O–H groups in total. The molecule has 36 heavy (non-hydrogen) atoms. The first-order chi connectivity index (χ1) is 17.4. The van der Waals surface area contributed by atoms with Crippen LogP contribution >= 0.6 is 0 Å². The van der Waals surface area contributed by atoms with Gasteiger partial charge in [0.05, 0.1) is 12.7 Å². The van der Waals surface area contributed by atoms with Crippen molar-refractivity contribution in [3.63, 3.8) is 0 Å². The van der Waals surface area contributed by atoms with E-state index in [-0.39, 0.29) is 17.9 Å². The van der Waals surface area contributed by atoms with E-state index in [0.717, 1.165) is 43.4 Å². The molecule has 1 atom stereocenters. The average Bonchev–Trinajstić information content (AvgIpc) is 2.89. The molecule has 0 aliphatic heterocycles. The maximum atomic E-state index is 11.2. The van der Waals surface area contributed by atoms with Crippen LogP contribution in [0.3, 0.4) is 0 Å². The number of rotatable bonds is 14. The number of ether oxygens (including phenoxy) is 1. The number of carboxylic acid groups (broad SMARTS) is 2. The highest BCUT2D eigenvalue weighted by Crippen LogP contribution is 2.22. The van der Waals surface area contributed by atoms with Gasteiger partial charge < -0.3 is 14.9 Å². The Balaban J connectivity index is 1.70. The van der Waals surface area contributed by atoms with Crippen molar-refractivity contribution in [3.05, 3.63) is 107 Å². The van der Waals surface area contributed by atoms with Crippen molar-refractivity contribution in [1.29, 1.82) is 0 Å². The molecule has 3 rings (SSSR count). The third-order valence-corrected chi connectivity index (χ3v) is 6.36. The maximum absolute atomic E-state index is 11.2. The summed E-state index contributed by atoms with van der Waals surface area (Å²) in [4.78, 5) is 22.1. The van der Waals surface area contributed by atoms with Gasteiger partial charge in [-0.2, -0.15) is 0 Å². The summed E-state index contributed by atoms with van der Waals surface area (Å²) in [6.07, 6.45) is 9.56. The Morgan fingerprint density at radius 3 is 2.22 bits per heavy atom. The van der Waals surface area contributed by atoms with Gasteiger partial charge >= 0.3 is 11.9 Å². The number of hydrogen-bond acceptors (Lipinski definition) is 3. The number of benzene rings is 3. The Bertz CT molecular complexity index is 1150. The van der Waals surface area contributed by atoms with Gasteiger partial charge in [-0.05, 0) is 84.5 Å². The number of aryl methyl sites for hydroxylation is 2. The van der Waals surface area contributed by atoms with Gasteiger partial charge in [-0.25, -0.2) is 4.79 Å². The number of aromatic carboxylic acids is 1. The average molecular weight is 487 g/mol. The zero-order chi connectivity index (χ0) is 25.8. The van der Waals surface area contributed by atoms with E-state index >= 15 is 0 Å². The Morgan fingerprint density at radius 2 is 1.56 bits per heavy atom. The standard InChI is InChI=1S/C31H34O5/c1-36-29-20-14-23(15-21-29)10-16-26-7-3-4-8-27(26)17-11-24(6-2-5-9-30(32)33)22-25-12-18-28(19-13-25)31(34)35/h3-4,7-8,11-15,17-21,24H,2,5-6,9-10,16,22H2,1H3,(H,32,33)(H,34,35)/b17-11+. The third kappa shape index (κ3) is 8.73. The van der Waals surface area contributed by atoms with Crippen molar-refractivity contribution in [2.75, 3.05) is 7.11 Å². The summed E-state index contributed by atoms with van der Waals surface area (Å²) < 4.78 is 5.25. The molecule has 5 heteroatoms. The smallest absolute Gasteiger partial charge is 0.335 e. The fourth-order valence-corrected chi connectivity index (χ4v) is 4.27. The SMILES string of the molecule is COc1ccc(CCc2ccccc2/C=C/C(CCCCC(=O)O)Cc2ccc(C(=O)O)cc2)cc1. The summed E-state index contributed by atoms with van der Waals surface area (Å²) in [5.74, 6) is -0.617. The first kappa shape index (κ1) is 26.7. The first-order valence-electron chi connectivity index (χ1n) is 12.4. The summed E-state index contributed by atoms with van der Waals surface area (Å²) in [5, 5.41) is 18.1. The quantitative estimate of drug-likeness (QED) is 0.248. The summed E-state index contributed by atoms with van der Waals surface area (Å²) in [6.45, 7) is 0. The molecule has 188 valence electrons. The molecule has 0 saturated heterocycles. The number of aliphatic carboxylic acids is 1. The lowest BCUT2D eigenvalue weighted by Crippen LogP contribution is -2.04. The van der Waals surface area contributed by atoms with Crippen molar-refractivity contribution in [1.82, 2.24) is 0 Å². The predicted octanol–water partition coefficient (Wildman–Crippen LogP) is 6.70. The second-order valence-electron chi connectivity index (χ2n) is 9.01. The van der Waals surface area contributed by atoms with Gasteiger partial charge in [-0.3, -0.25) is 4.79 Å². The third-order valence-electron chi connectivity index (χ3n) is 6.36. The molecule has 1 unspecified atom stereocenters. The largest absolute Gasteiger partial charge is 0.497 e. The van der Waals surface area contributed by atoms with Gasteiger partial charge in [-0.15, -0.1) is 0 Å². The molecule has 5 nitrogen and oxygen atoms in total. The lowest BCUT2D eigenvalue weighted by atomic mass is 9.91. The minimum absolute atomic E-state index is 0.179. The number of hydrogen-bond donors (Lipinski definition) is 2. The highest BCUT2D eigenvalue weighted by atomic mass is 16.5. The summed E-state index contributed by atoms with van der Waals surface area (Å²) in [5.41, 5.74) is 5.07. The molecule has 0 heterocycles. The van der Waals surface area contributed by atoms with Gasteiger partial charge in [0.25, 0.3) is 0 Å². The van der Waals surface area contributed by atoms with E-state index in [2.05, 4.69) is 42.5 Å². The van der Waals surface area contributed by atoms with E-state index in [1.54, 1.807) is 19.2 Å². The number of allylic oxidation sites excluding steroid dienone is 1. The van der Waals surface area contributed by atoms with Crippen LogP contribution in [0.2, 0.25) is 0 Å². The Labute approximate surface area is 213 Å². The minimum Gasteiger partial charge on any atom is -0.497 e. The number of carbonyl (C=O) groups is 2. The van der Waals surface area contributed by atoms with Crippen LogP contribution in [0.4, 0.5) is 0 Å². The van der Waals surface area contributed by atoms with Crippen LogP contribution in [0.15, 0.2) is 78.9 Å². The van der Waals surface area contributed by atoms with Crippen molar-refractivity contribution < 1.29 is 24.5 Å². The highest BCUT2D eigenvalue weighted by Gasteiger charge is 2.10. The molecule has 3 aromatic carbocycles. The zero-order valence-corrected chi connectivity index (χ0v) is 20.7. The van der Waals surface area contributed by atoms with Crippen molar-refractivity contribution in [2.24, 2.45) is 5.92 Å². The Morgan fingerprint density at radius 1 is 0.861 bits per heavy atom. The van der Waals surface area contributed by atoms with Gasteiger partial charge in [0, 0.05) is 6.42 Å². The molecule has 0 aliphatic carbocycles. The summed E-state index contributed by atoms with van der Waals surface area (Å²) in [7, 11) is 1.67. The topological polar surface area (TPSA) is 83.8 Å². The van der Waals surface area contributed by atoms with E-state index in [1.165, 1.54) is 16.7 Å². The van der Waals surface area contributed by atoms with Crippen molar-refractivity contribution in [2.45, 2.75) is 44.9 Å². The molecule has 0 saturated carbocycles. The predicted molar refractivity (Wildman–Crippen MR) is 143 cm³/mol. The molecule has 0 amide bonds. The second-order valence-corrected chi connectivity index (χ2v) is 9.01. The van der Waals surface area contributed by atoms with Gasteiger partial charge in [0.1, 0.15) is 5.75 Å². The molecule has 0 fully saturated rings. The van der Waals surface area contributed by atoms with E-state index in [4.69, 9.17) is 14.9 Å². The summed E-state index contributed by atoms with van der Waals surface area (Å²) in [6, 6.07) is 23.6. The lowest BCUT2D eigenvalue weighted by Gasteiger charge is -2.14. The molecule has 0 aromatic heterocycles. The normalized spacial score (nSPS) is 11.9. The van der Waals surface area contributed by atoms with Gasteiger partial charge in [-0.1, -0.05) is 67.1 Å². The minimum atomic E-state index is -0.932. The number of carboxylic acids is 2. The van der Waals surface area contributed by atoms with Crippen LogP contribution < -0.4 is 4.74 Å². The Kier molecular flexibility index (Phi) is 10.3.